The first-order valence-electron chi connectivity index (χ1n) is 9.67. The van der Waals surface area contributed by atoms with E-state index >= 15 is 0 Å². The molecule has 0 saturated carbocycles. The highest BCUT2D eigenvalue weighted by atomic mass is 32.2. The zero-order valence-electron chi connectivity index (χ0n) is 16.8. The summed E-state index contributed by atoms with van der Waals surface area (Å²) >= 11 is 0. The molecule has 4 aromatic rings. The summed E-state index contributed by atoms with van der Waals surface area (Å²) in [5.74, 6) is 2.05. The number of carbonyl (C=O) groups is 1. The van der Waals surface area contributed by atoms with Crippen molar-refractivity contribution in [3.63, 3.8) is 0 Å². The second-order valence-electron chi connectivity index (χ2n) is 7.05. The zero-order chi connectivity index (χ0) is 21.8. The van der Waals surface area contributed by atoms with Crippen molar-refractivity contribution >= 4 is 32.3 Å². The number of anilines is 1. The van der Waals surface area contributed by atoms with Gasteiger partial charge in [0.2, 0.25) is 5.78 Å². The number of ketones is 1. The van der Waals surface area contributed by atoms with Crippen molar-refractivity contribution < 1.29 is 13.2 Å². The summed E-state index contributed by atoms with van der Waals surface area (Å²) in [5, 5.41) is 1.93. The van der Waals surface area contributed by atoms with E-state index in [1.54, 1.807) is 54.6 Å². The quantitative estimate of drug-likeness (QED) is 0.257. The molecule has 0 aliphatic heterocycles. The number of Topliss-reactive ketones (excluding diaryl/α,β-unsaturated/α-hetero) is 1. The molecule has 4 aromatic carbocycles. The molecule has 0 heterocycles. The van der Waals surface area contributed by atoms with E-state index in [2.05, 4.69) is 12.0 Å². The highest BCUT2D eigenvalue weighted by molar-refractivity contribution is 7.93. The van der Waals surface area contributed by atoms with Gasteiger partial charge in [0.15, 0.2) is 0 Å². The van der Waals surface area contributed by atoms with Gasteiger partial charge in [-0.15, -0.1) is 0 Å². The van der Waals surface area contributed by atoms with Gasteiger partial charge in [0, 0.05) is 17.5 Å². The lowest BCUT2D eigenvalue weighted by atomic mass is 10.0. The molecule has 0 aromatic heterocycles. The largest absolute Gasteiger partial charge is 0.279 e. The summed E-state index contributed by atoms with van der Waals surface area (Å²) in [7, 11) is -3.98. The Balaban J connectivity index is 1.74. The number of benzene rings is 4. The second-order valence-corrected chi connectivity index (χ2v) is 8.83. The van der Waals surface area contributed by atoms with Gasteiger partial charge < -0.3 is 0 Å². The molecule has 0 amide bonds. The molecule has 0 spiro atoms. The van der Waals surface area contributed by atoms with E-state index < -0.39 is 15.8 Å². The molecule has 0 aliphatic carbocycles. The Bertz CT molecular complexity index is 1410. The van der Waals surface area contributed by atoms with Gasteiger partial charge in [-0.2, -0.15) is 4.31 Å². The van der Waals surface area contributed by atoms with Gasteiger partial charge in [0.25, 0.3) is 10.0 Å². The van der Waals surface area contributed by atoms with Crippen LogP contribution in [0.25, 0.3) is 10.8 Å². The highest BCUT2D eigenvalue weighted by Gasteiger charge is 2.24. The summed E-state index contributed by atoms with van der Waals surface area (Å²) < 4.78 is 27.5. The number of aryl methyl sites for hydroxylation is 1. The number of nitrogens with zero attached hydrogens (tertiary/aromatic N) is 1. The fourth-order valence-electron chi connectivity index (χ4n) is 3.15. The minimum absolute atomic E-state index is 0.106. The van der Waals surface area contributed by atoms with Crippen molar-refractivity contribution in [3.05, 3.63) is 108 Å². The standard InChI is InChI=1S/C26H19NO3S/c1-20-11-15-25(16-12-20)31(29,30)27(24-9-3-2-4-10-24)18-17-26(28)23-14-13-21-7-5-6-8-22(21)19-23/h2-16,19H,1H3. The molecule has 0 unspecified atom stereocenters. The maximum absolute atomic E-state index is 13.3. The minimum atomic E-state index is -3.98. The first-order valence-corrected chi connectivity index (χ1v) is 11.1. The van der Waals surface area contributed by atoms with Gasteiger partial charge in [0.1, 0.15) is 0 Å². The summed E-state index contributed by atoms with van der Waals surface area (Å²) in [6, 6.07) is 30.6. The average Bonchev–Trinajstić information content (AvgIpc) is 2.79. The molecule has 0 N–H and O–H groups in total. The number of sulfonamides is 1. The maximum Gasteiger partial charge on any atom is 0.275 e. The topological polar surface area (TPSA) is 54.5 Å². The first kappa shape index (κ1) is 20.4. The lowest BCUT2D eigenvalue weighted by molar-refractivity contribution is 0.105. The van der Waals surface area contributed by atoms with E-state index in [1.165, 1.54) is 12.1 Å². The summed E-state index contributed by atoms with van der Waals surface area (Å²) in [6.07, 6.45) is 0. The third-order valence-electron chi connectivity index (χ3n) is 4.83. The van der Waals surface area contributed by atoms with Crippen LogP contribution in [0, 0.1) is 18.9 Å². The minimum Gasteiger partial charge on any atom is -0.279 e. The third-order valence-corrected chi connectivity index (χ3v) is 6.48. The Hall–Kier alpha value is -3.88. The van der Waals surface area contributed by atoms with E-state index in [4.69, 9.17) is 0 Å². The van der Waals surface area contributed by atoms with Crippen LogP contribution in [0.5, 0.6) is 0 Å². The maximum atomic E-state index is 13.3. The van der Waals surface area contributed by atoms with Crippen LogP contribution in [-0.4, -0.2) is 14.2 Å². The van der Waals surface area contributed by atoms with Gasteiger partial charge >= 0.3 is 0 Å². The Morgan fingerprint density at radius 1 is 0.774 bits per heavy atom. The van der Waals surface area contributed by atoms with Crippen molar-refractivity contribution in [2.45, 2.75) is 11.8 Å². The van der Waals surface area contributed by atoms with Crippen molar-refractivity contribution in [2.24, 2.45) is 0 Å². The van der Waals surface area contributed by atoms with E-state index in [0.29, 0.717) is 11.3 Å². The summed E-state index contributed by atoms with van der Waals surface area (Å²) in [5.41, 5.74) is 1.72. The smallest absolute Gasteiger partial charge is 0.275 e. The Morgan fingerprint density at radius 2 is 1.42 bits per heavy atom. The van der Waals surface area contributed by atoms with Crippen LogP contribution in [0.3, 0.4) is 0 Å². The van der Waals surface area contributed by atoms with E-state index in [0.717, 1.165) is 20.6 Å². The lowest BCUT2D eigenvalue weighted by Crippen LogP contribution is -2.26. The molecule has 0 aliphatic rings. The highest BCUT2D eigenvalue weighted by Crippen LogP contribution is 2.23. The van der Waals surface area contributed by atoms with Gasteiger partial charge in [-0.25, -0.2) is 8.42 Å². The van der Waals surface area contributed by atoms with Gasteiger partial charge in [-0.05, 0) is 54.1 Å². The predicted octanol–water partition coefficient (Wildman–Crippen LogP) is 5.19. The Morgan fingerprint density at radius 3 is 2.13 bits per heavy atom. The molecule has 5 heteroatoms. The van der Waals surface area contributed by atoms with E-state index in [1.807, 2.05) is 37.3 Å². The molecule has 152 valence electrons. The molecule has 4 rings (SSSR count). The monoisotopic (exact) mass is 425 g/mol. The van der Waals surface area contributed by atoms with Crippen molar-refractivity contribution in [1.82, 2.24) is 0 Å². The lowest BCUT2D eigenvalue weighted by Gasteiger charge is -2.18. The molecular weight excluding hydrogens is 406 g/mol. The number of hydrogen-bond acceptors (Lipinski definition) is 3. The van der Waals surface area contributed by atoms with Crippen LogP contribution in [0.4, 0.5) is 5.69 Å². The van der Waals surface area contributed by atoms with Crippen LogP contribution in [0.2, 0.25) is 0 Å². The van der Waals surface area contributed by atoms with E-state index in [-0.39, 0.29) is 4.90 Å². The SMILES string of the molecule is Cc1ccc(S(=O)(=O)N(C#CC(=O)c2ccc3ccccc3c2)c2ccccc2)cc1. The summed E-state index contributed by atoms with van der Waals surface area (Å²) in [4.78, 5) is 12.8. The molecular formula is C26H19NO3S. The second kappa shape index (κ2) is 8.47. The number of fused-ring (bicyclic) bond motifs is 1. The number of carbonyl (C=O) groups excluding carboxylic acids is 1. The molecule has 0 saturated heterocycles. The zero-order valence-corrected chi connectivity index (χ0v) is 17.6. The molecule has 0 radical (unpaired) electrons. The van der Waals surface area contributed by atoms with Crippen LogP contribution < -0.4 is 4.31 Å². The van der Waals surface area contributed by atoms with Crippen LogP contribution in [0.1, 0.15) is 15.9 Å². The Kier molecular flexibility index (Phi) is 5.57. The average molecular weight is 426 g/mol. The first-order chi connectivity index (χ1) is 14.9. The normalized spacial score (nSPS) is 10.9. The number of hydrogen-bond donors (Lipinski definition) is 0. The fraction of sp³-hybridized carbons (Fsp3) is 0.0385. The van der Waals surface area contributed by atoms with Gasteiger partial charge in [-0.1, -0.05) is 66.2 Å². The van der Waals surface area contributed by atoms with Crippen molar-refractivity contribution in [3.8, 4) is 12.0 Å². The van der Waals surface area contributed by atoms with Crippen molar-refractivity contribution in [2.75, 3.05) is 4.31 Å². The molecule has 31 heavy (non-hydrogen) atoms. The van der Waals surface area contributed by atoms with Crippen LogP contribution >= 0.6 is 0 Å². The van der Waals surface area contributed by atoms with Gasteiger partial charge in [0.05, 0.1) is 10.6 Å². The molecule has 4 nitrogen and oxygen atoms in total. The number of para-hydroxylation sites is 1. The van der Waals surface area contributed by atoms with Crippen LogP contribution in [-0.2, 0) is 10.0 Å². The van der Waals surface area contributed by atoms with E-state index in [9.17, 15) is 13.2 Å². The van der Waals surface area contributed by atoms with Crippen LogP contribution in [0.15, 0.2) is 102 Å². The molecule has 0 atom stereocenters. The number of rotatable bonds is 4. The summed E-state index contributed by atoms with van der Waals surface area (Å²) in [6.45, 7) is 1.88. The molecule has 0 fully saturated rings. The van der Waals surface area contributed by atoms with Gasteiger partial charge in [-0.3, -0.25) is 4.79 Å². The fourth-order valence-corrected chi connectivity index (χ4v) is 4.40. The third kappa shape index (κ3) is 4.35. The predicted molar refractivity (Wildman–Crippen MR) is 123 cm³/mol. The molecule has 0 bridgehead atoms. The Labute approximate surface area is 181 Å². The van der Waals surface area contributed by atoms with Crippen molar-refractivity contribution in [1.29, 1.82) is 0 Å².